The standard InChI is InChI=1S/C17H28N2O2/c1-13(2)21-16-6-4-5-14(11-16)17(12-18)19-9-7-15(20-3)8-10-19/h4-6,11,13,15,17H,7-10,12,18H2,1-3H3. The Hall–Kier alpha value is -1.10. The predicted molar refractivity (Wildman–Crippen MR) is 85.6 cm³/mol. The molecule has 1 aromatic carbocycles. The molecule has 118 valence electrons. The van der Waals surface area contributed by atoms with Crippen molar-refractivity contribution >= 4 is 0 Å². The van der Waals surface area contributed by atoms with Crippen LogP contribution in [-0.4, -0.2) is 43.9 Å². The fourth-order valence-corrected chi connectivity index (χ4v) is 2.99. The minimum Gasteiger partial charge on any atom is -0.491 e. The summed E-state index contributed by atoms with van der Waals surface area (Å²) in [5, 5.41) is 0. The van der Waals surface area contributed by atoms with Crippen LogP contribution in [0.3, 0.4) is 0 Å². The van der Waals surface area contributed by atoms with Crippen molar-refractivity contribution in [2.24, 2.45) is 5.73 Å². The molecule has 4 nitrogen and oxygen atoms in total. The van der Waals surface area contributed by atoms with Crippen molar-refractivity contribution in [1.82, 2.24) is 4.90 Å². The van der Waals surface area contributed by atoms with Gasteiger partial charge in [0.15, 0.2) is 0 Å². The van der Waals surface area contributed by atoms with Crippen molar-refractivity contribution in [3.63, 3.8) is 0 Å². The summed E-state index contributed by atoms with van der Waals surface area (Å²) in [6, 6.07) is 8.59. The van der Waals surface area contributed by atoms with Crippen LogP contribution in [0.1, 0.15) is 38.3 Å². The van der Waals surface area contributed by atoms with Gasteiger partial charge < -0.3 is 15.2 Å². The maximum Gasteiger partial charge on any atom is 0.120 e. The topological polar surface area (TPSA) is 47.7 Å². The number of nitrogens with zero attached hydrogens (tertiary/aromatic N) is 1. The first-order chi connectivity index (χ1) is 10.1. The molecule has 21 heavy (non-hydrogen) atoms. The zero-order chi connectivity index (χ0) is 15.2. The van der Waals surface area contributed by atoms with Gasteiger partial charge in [0, 0.05) is 32.8 Å². The maximum atomic E-state index is 6.04. The molecule has 0 aliphatic carbocycles. The van der Waals surface area contributed by atoms with Gasteiger partial charge in [0.2, 0.25) is 0 Å². The Morgan fingerprint density at radius 2 is 2.00 bits per heavy atom. The molecule has 1 atom stereocenters. The van der Waals surface area contributed by atoms with E-state index in [0.717, 1.165) is 31.7 Å². The van der Waals surface area contributed by atoms with Gasteiger partial charge in [-0.25, -0.2) is 0 Å². The Bertz CT molecular complexity index is 429. The number of hydrogen-bond acceptors (Lipinski definition) is 4. The van der Waals surface area contributed by atoms with Gasteiger partial charge in [0.25, 0.3) is 0 Å². The lowest BCUT2D eigenvalue weighted by Crippen LogP contribution is -2.41. The molecule has 1 aliphatic rings. The van der Waals surface area contributed by atoms with Crippen molar-refractivity contribution in [2.75, 3.05) is 26.7 Å². The molecule has 0 saturated carbocycles. The first-order valence-electron chi connectivity index (χ1n) is 7.87. The van der Waals surface area contributed by atoms with E-state index < -0.39 is 0 Å². The van der Waals surface area contributed by atoms with Gasteiger partial charge in [-0.1, -0.05) is 12.1 Å². The summed E-state index contributed by atoms with van der Waals surface area (Å²) in [6.07, 6.45) is 2.74. The van der Waals surface area contributed by atoms with E-state index in [1.54, 1.807) is 7.11 Å². The molecule has 1 heterocycles. The molecular weight excluding hydrogens is 264 g/mol. The molecule has 4 heteroatoms. The molecular formula is C17H28N2O2. The van der Waals surface area contributed by atoms with Gasteiger partial charge in [0.05, 0.1) is 12.2 Å². The molecule has 0 amide bonds. The van der Waals surface area contributed by atoms with E-state index in [2.05, 4.69) is 23.1 Å². The lowest BCUT2D eigenvalue weighted by atomic mass is 10.0. The molecule has 1 aromatic rings. The number of nitrogens with two attached hydrogens (primary N) is 1. The Labute approximate surface area is 128 Å². The molecule has 1 unspecified atom stereocenters. The molecule has 2 N–H and O–H groups in total. The molecule has 1 saturated heterocycles. The highest BCUT2D eigenvalue weighted by Gasteiger charge is 2.25. The fourth-order valence-electron chi connectivity index (χ4n) is 2.99. The molecule has 1 aliphatic heterocycles. The summed E-state index contributed by atoms with van der Waals surface area (Å²) in [7, 11) is 1.80. The number of piperidine rings is 1. The van der Waals surface area contributed by atoms with Crippen LogP contribution in [0.4, 0.5) is 0 Å². The van der Waals surface area contributed by atoms with Gasteiger partial charge in [-0.3, -0.25) is 4.90 Å². The monoisotopic (exact) mass is 292 g/mol. The molecule has 0 bridgehead atoms. The SMILES string of the molecule is COC1CCN(C(CN)c2cccc(OC(C)C)c2)CC1. The number of hydrogen-bond donors (Lipinski definition) is 1. The van der Waals surface area contributed by atoms with Crippen LogP contribution in [-0.2, 0) is 4.74 Å². The van der Waals surface area contributed by atoms with Crippen LogP contribution in [0.2, 0.25) is 0 Å². The van der Waals surface area contributed by atoms with E-state index in [9.17, 15) is 0 Å². The third-order valence-corrected chi connectivity index (χ3v) is 4.09. The summed E-state index contributed by atoms with van der Waals surface area (Å²) in [6.45, 7) is 6.79. The van der Waals surface area contributed by atoms with Crippen LogP contribution < -0.4 is 10.5 Å². The lowest BCUT2D eigenvalue weighted by molar-refractivity contribution is 0.0280. The predicted octanol–water partition coefficient (Wildman–Crippen LogP) is 2.58. The second kappa shape index (κ2) is 7.78. The van der Waals surface area contributed by atoms with Crippen molar-refractivity contribution < 1.29 is 9.47 Å². The summed E-state index contributed by atoms with van der Waals surface area (Å²) >= 11 is 0. The highest BCUT2D eigenvalue weighted by molar-refractivity contribution is 5.31. The van der Waals surface area contributed by atoms with Crippen LogP contribution in [0.15, 0.2) is 24.3 Å². The first-order valence-corrected chi connectivity index (χ1v) is 7.87. The molecule has 1 fully saturated rings. The van der Waals surface area contributed by atoms with E-state index in [0.29, 0.717) is 12.6 Å². The smallest absolute Gasteiger partial charge is 0.120 e. The van der Waals surface area contributed by atoms with Crippen LogP contribution >= 0.6 is 0 Å². The van der Waals surface area contributed by atoms with Crippen molar-refractivity contribution in [3.8, 4) is 5.75 Å². The van der Waals surface area contributed by atoms with Crippen molar-refractivity contribution in [3.05, 3.63) is 29.8 Å². The summed E-state index contributed by atoms with van der Waals surface area (Å²) in [5.41, 5.74) is 7.28. The van der Waals surface area contributed by atoms with E-state index in [4.69, 9.17) is 15.2 Å². The van der Waals surface area contributed by atoms with E-state index in [-0.39, 0.29) is 12.1 Å². The average molecular weight is 292 g/mol. The zero-order valence-corrected chi connectivity index (χ0v) is 13.4. The largest absolute Gasteiger partial charge is 0.491 e. The highest BCUT2D eigenvalue weighted by atomic mass is 16.5. The first kappa shape index (κ1) is 16.3. The molecule has 0 spiro atoms. The number of rotatable bonds is 6. The van der Waals surface area contributed by atoms with Crippen LogP contribution in [0.25, 0.3) is 0 Å². The van der Waals surface area contributed by atoms with Crippen molar-refractivity contribution in [2.45, 2.75) is 44.9 Å². The Kier molecular flexibility index (Phi) is 6.03. The average Bonchev–Trinajstić information content (AvgIpc) is 2.48. The fraction of sp³-hybridized carbons (Fsp3) is 0.647. The number of methoxy groups -OCH3 is 1. The Balaban J connectivity index is 2.07. The highest BCUT2D eigenvalue weighted by Crippen LogP contribution is 2.27. The van der Waals surface area contributed by atoms with Gasteiger partial charge >= 0.3 is 0 Å². The van der Waals surface area contributed by atoms with Gasteiger partial charge in [-0.05, 0) is 44.4 Å². The number of benzene rings is 1. The number of likely N-dealkylation sites (tertiary alicyclic amines) is 1. The maximum absolute atomic E-state index is 6.04. The normalized spacial score (nSPS) is 18.9. The quantitative estimate of drug-likeness (QED) is 0.875. The minimum absolute atomic E-state index is 0.189. The summed E-state index contributed by atoms with van der Waals surface area (Å²) < 4.78 is 11.2. The van der Waals surface area contributed by atoms with Crippen molar-refractivity contribution in [1.29, 1.82) is 0 Å². The Morgan fingerprint density at radius 3 is 2.57 bits per heavy atom. The van der Waals surface area contributed by atoms with Gasteiger partial charge in [-0.2, -0.15) is 0 Å². The Morgan fingerprint density at radius 1 is 1.29 bits per heavy atom. The van der Waals surface area contributed by atoms with E-state index in [1.165, 1.54) is 5.56 Å². The molecule has 0 radical (unpaired) electrons. The second-order valence-corrected chi connectivity index (χ2v) is 5.96. The lowest BCUT2D eigenvalue weighted by Gasteiger charge is -2.37. The second-order valence-electron chi connectivity index (χ2n) is 5.96. The van der Waals surface area contributed by atoms with Crippen LogP contribution in [0, 0.1) is 0 Å². The van der Waals surface area contributed by atoms with Gasteiger partial charge in [0.1, 0.15) is 5.75 Å². The molecule has 2 rings (SSSR count). The molecule has 0 aromatic heterocycles. The third kappa shape index (κ3) is 4.43. The summed E-state index contributed by atoms with van der Waals surface area (Å²) in [5.74, 6) is 0.924. The zero-order valence-electron chi connectivity index (χ0n) is 13.4. The van der Waals surface area contributed by atoms with E-state index >= 15 is 0 Å². The van der Waals surface area contributed by atoms with E-state index in [1.807, 2.05) is 19.9 Å². The summed E-state index contributed by atoms with van der Waals surface area (Å²) in [4.78, 5) is 2.46. The third-order valence-electron chi connectivity index (χ3n) is 4.09. The minimum atomic E-state index is 0.189. The number of ether oxygens (including phenoxy) is 2. The van der Waals surface area contributed by atoms with Crippen LogP contribution in [0.5, 0.6) is 5.75 Å². The van der Waals surface area contributed by atoms with Gasteiger partial charge in [-0.15, -0.1) is 0 Å².